The largest absolute Gasteiger partial charge is 0.342 e. The Bertz CT molecular complexity index is 971. The minimum Gasteiger partial charge on any atom is -0.342 e. The zero-order valence-electron chi connectivity index (χ0n) is 15.5. The van der Waals surface area contributed by atoms with Gasteiger partial charge in [0.25, 0.3) is 0 Å². The van der Waals surface area contributed by atoms with Gasteiger partial charge in [0, 0.05) is 46.6 Å². The van der Waals surface area contributed by atoms with Crippen molar-refractivity contribution >= 4 is 28.6 Å². The van der Waals surface area contributed by atoms with Crippen LogP contribution in [0.15, 0.2) is 53.4 Å². The summed E-state index contributed by atoms with van der Waals surface area (Å²) in [5.41, 5.74) is 4.86. The Labute approximate surface area is 159 Å². The van der Waals surface area contributed by atoms with Crippen molar-refractivity contribution in [1.82, 2.24) is 9.47 Å². The van der Waals surface area contributed by atoms with Gasteiger partial charge in [0.15, 0.2) is 0 Å². The number of hydrogen-bond donors (Lipinski definition) is 0. The zero-order valence-corrected chi connectivity index (χ0v) is 16.3. The molecule has 0 saturated heterocycles. The number of aryl methyl sites for hydroxylation is 1. The molecular formula is C22H24N2OS. The van der Waals surface area contributed by atoms with Gasteiger partial charge in [-0.2, -0.15) is 0 Å². The van der Waals surface area contributed by atoms with E-state index >= 15 is 0 Å². The van der Waals surface area contributed by atoms with Crippen LogP contribution in [0, 0.1) is 0 Å². The number of amides is 1. The van der Waals surface area contributed by atoms with Crippen molar-refractivity contribution in [3.05, 3.63) is 54.1 Å². The average molecular weight is 365 g/mol. The third kappa shape index (κ3) is 2.47. The Balaban J connectivity index is 2.03. The maximum Gasteiger partial charge on any atom is 0.240 e. The molecule has 3 aromatic rings. The molecule has 1 aliphatic rings. The van der Waals surface area contributed by atoms with Crippen LogP contribution in [0.3, 0.4) is 0 Å². The number of benzene rings is 2. The number of fused-ring (bicyclic) bond motifs is 5. The highest BCUT2D eigenvalue weighted by atomic mass is 32.2. The van der Waals surface area contributed by atoms with Crippen molar-refractivity contribution < 1.29 is 4.79 Å². The Morgan fingerprint density at radius 2 is 1.73 bits per heavy atom. The van der Waals surface area contributed by atoms with Crippen molar-refractivity contribution in [3.8, 4) is 11.3 Å². The molecule has 0 radical (unpaired) electrons. The standard InChI is InChI=1S/C22H24N2OS/c1-4-23(5-2)22(25)21-19-15-11-7-9-13-17(15)24(6-3)20(19)16-12-8-10-14-18(16)26-21/h7-14,21H,4-6H2,1-3H3. The summed E-state index contributed by atoms with van der Waals surface area (Å²) in [4.78, 5) is 16.5. The van der Waals surface area contributed by atoms with E-state index in [0.717, 1.165) is 19.6 Å². The van der Waals surface area contributed by atoms with Gasteiger partial charge in [0.2, 0.25) is 5.91 Å². The summed E-state index contributed by atoms with van der Waals surface area (Å²) in [7, 11) is 0. The second kappa shape index (κ2) is 6.84. The third-order valence-corrected chi connectivity index (χ3v) is 6.56. The van der Waals surface area contributed by atoms with Crippen LogP contribution in [-0.4, -0.2) is 28.5 Å². The maximum absolute atomic E-state index is 13.4. The highest BCUT2D eigenvalue weighted by molar-refractivity contribution is 8.00. The van der Waals surface area contributed by atoms with Gasteiger partial charge in [-0.05, 0) is 32.9 Å². The van der Waals surface area contributed by atoms with Crippen LogP contribution in [0.5, 0.6) is 0 Å². The number of thioether (sulfide) groups is 1. The van der Waals surface area contributed by atoms with Crippen molar-refractivity contribution in [3.63, 3.8) is 0 Å². The highest BCUT2D eigenvalue weighted by Crippen LogP contribution is 2.53. The highest BCUT2D eigenvalue weighted by Gasteiger charge is 2.36. The fourth-order valence-corrected chi connectivity index (χ4v) is 5.35. The number of rotatable bonds is 4. The second-order valence-corrected chi connectivity index (χ2v) is 7.68. The van der Waals surface area contributed by atoms with E-state index in [1.165, 1.54) is 32.6 Å². The van der Waals surface area contributed by atoms with Gasteiger partial charge in [-0.1, -0.05) is 36.4 Å². The minimum atomic E-state index is -0.183. The monoisotopic (exact) mass is 364 g/mol. The Hall–Kier alpha value is -2.20. The lowest BCUT2D eigenvalue weighted by molar-refractivity contribution is -0.130. The van der Waals surface area contributed by atoms with E-state index in [4.69, 9.17) is 0 Å². The van der Waals surface area contributed by atoms with Crippen LogP contribution in [0.2, 0.25) is 0 Å². The molecule has 1 atom stereocenters. The Kier molecular flexibility index (Phi) is 4.53. The molecule has 1 unspecified atom stereocenters. The zero-order chi connectivity index (χ0) is 18.3. The first kappa shape index (κ1) is 17.2. The van der Waals surface area contributed by atoms with Crippen LogP contribution in [0.1, 0.15) is 31.6 Å². The van der Waals surface area contributed by atoms with E-state index < -0.39 is 0 Å². The summed E-state index contributed by atoms with van der Waals surface area (Å²) >= 11 is 1.70. The van der Waals surface area contributed by atoms with E-state index in [9.17, 15) is 4.79 Å². The van der Waals surface area contributed by atoms with Gasteiger partial charge in [-0.3, -0.25) is 4.79 Å². The molecule has 1 aromatic heterocycles. The average Bonchev–Trinajstić information content (AvgIpc) is 3.03. The van der Waals surface area contributed by atoms with Gasteiger partial charge in [-0.15, -0.1) is 11.8 Å². The fourth-order valence-electron chi connectivity index (χ4n) is 4.04. The molecule has 1 aliphatic heterocycles. The van der Waals surface area contributed by atoms with Crippen molar-refractivity contribution in [2.24, 2.45) is 0 Å². The first-order chi connectivity index (χ1) is 12.7. The van der Waals surface area contributed by atoms with Crippen LogP contribution in [-0.2, 0) is 11.3 Å². The molecule has 134 valence electrons. The van der Waals surface area contributed by atoms with Gasteiger partial charge >= 0.3 is 0 Å². The van der Waals surface area contributed by atoms with Crippen LogP contribution < -0.4 is 0 Å². The molecule has 2 aromatic carbocycles. The molecule has 4 rings (SSSR count). The second-order valence-electron chi connectivity index (χ2n) is 6.53. The molecule has 1 amide bonds. The summed E-state index contributed by atoms with van der Waals surface area (Å²) in [5, 5.41) is 1.02. The van der Waals surface area contributed by atoms with Crippen LogP contribution in [0.25, 0.3) is 22.2 Å². The molecule has 3 nitrogen and oxygen atoms in total. The van der Waals surface area contributed by atoms with Crippen LogP contribution >= 0.6 is 11.8 Å². The van der Waals surface area contributed by atoms with Gasteiger partial charge in [0.05, 0.1) is 5.69 Å². The summed E-state index contributed by atoms with van der Waals surface area (Å²) in [6.07, 6.45) is 0. The first-order valence-electron chi connectivity index (χ1n) is 9.37. The molecule has 2 heterocycles. The predicted octanol–water partition coefficient (Wildman–Crippen LogP) is 5.34. The SMILES string of the molecule is CCN(CC)C(=O)C1Sc2ccccc2-c2c1c1ccccc1n2CC. The topological polar surface area (TPSA) is 25.2 Å². The number of carbonyl (C=O) groups is 1. The quantitative estimate of drug-likeness (QED) is 0.624. The lowest BCUT2D eigenvalue weighted by atomic mass is 10.0. The van der Waals surface area contributed by atoms with E-state index in [-0.39, 0.29) is 11.2 Å². The predicted molar refractivity (Wildman–Crippen MR) is 110 cm³/mol. The van der Waals surface area contributed by atoms with Crippen molar-refractivity contribution in [2.75, 3.05) is 13.1 Å². The molecular weight excluding hydrogens is 340 g/mol. The van der Waals surface area contributed by atoms with E-state index in [2.05, 4.69) is 73.9 Å². The summed E-state index contributed by atoms with van der Waals surface area (Å²) in [5.74, 6) is 0.217. The number of aromatic nitrogens is 1. The van der Waals surface area contributed by atoms with Crippen LogP contribution in [0.4, 0.5) is 0 Å². The summed E-state index contributed by atoms with van der Waals surface area (Å²) in [6.45, 7) is 8.67. The van der Waals surface area contributed by atoms with E-state index in [0.29, 0.717) is 0 Å². The molecule has 0 spiro atoms. The van der Waals surface area contributed by atoms with Gasteiger partial charge < -0.3 is 9.47 Å². The number of nitrogens with zero attached hydrogens (tertiary/aromatic N) is 2. The number of carbonyl (C=O) groups excluding carboxylic acids is 1. The minimum absolute atomic E-state index is 0.183. The lowest BCUT2D eigenvalue weighted by Crippen LogP contribution is -2.34. The number of hydrogen-bond acceptors (Lipinski definition) is 2. The molecule has 0 aliphatic carbocycles. The summed E-state index contributed by atoms with van der Waals surface area (Å²) in [6, 6.07) is 17.0. The third-order valence-electron chi connectivity index (χ3n) is 5.27. The van der Waals surface area contributed by atoms with E-state index in [1.54, 1.807) is 11.8 Å². The van der Waals surface area contributed by atoms with E-state index in [1.807, 2.05) is 4.90 Å². The summed E-state index contributed by atoms with van der Waals surface area (Å²) < 4.78 is 2.37. The Morgan fingerprint density at radius 1 is 1.04 bits per heavy atom. The smallest absolute Gasteiger partial charge is 0.240 e. The molecule has 4 heteroatoms. The maximum atomic E-state index is 13.4. The van der Waals surface area contributed by atoms with Crippen molar-refractivity contribution in [1.29, 1.82) is 0 Å². The molecule has 26 heavy (non-hydrogen) atoms. The normalized spacial score (nSPS) is 15.6. The number of likely N-dealkylation sites (N-methyl/N-ethyl adjacent to an activating group) is 1. The van der Waals surface area contributed by atoms with Gasteiger partial charge in [0.1, 0.15) is 5.25 Å². The number of para-hydroxylation sites is 1. The van der Waals surface area contributed by atoms with Gasteiger partial charge in [-0.25, -0.2) is 0 Å². The lowest BCUT2D eigenvalue weighted by Gasteiger charge is -2.29. The first-order valence-corrected chi connectivity index (χ1v) is 10.2. The molecule has 0 fully saturated rings. The Morgan fingerprint density at radius 3 is 2.46 bits per heavy atom. The molecule has 0 saturated carbocycles. The molecule has 0 N–H and O–H groups in total. The van der Waals surface area contributed by atoms with Crippen molar-refractivity contribution in [2.45, 2.75) is 37.5 Å². The fraction of sp³-hybridized carbons (Fsp3) is 0.318. The molecule has 0 bridgehead atoms.